The molecule has 8 nitrogen and oxygen atoms in total. The van der Waals surface area contributed by atoms with Gasteiger partial charge in [0.2, 0.25) is 11.8 Å². The summed E-state index contributed by atoms with van der Waals surface area (Å²) < 4.78 is 13.4. The van der Waals surface area contributed by atoms with Crippen LogP contribution in [-0.4, -0.2) is 77.4 Å². The van der Waals surface area contributed by atoms with Gasteiger partial charge in [-0.1, -0.05) is 17.7 Å². The number of morpholine rings is 1. The van der Waals surface area contributed by atoms with Crippen molar-refractivity contribution in [1.82, 2.24) is 19.6 Å². The maximum Gasteiger partial charge on any atom is 0.224 e. The molecule has 0 saturated carbocycles. The average Bonchev–Trinajstić information content (AvgIpc) is 3.26. The number of halogens is 1. The summed E-state index contributed by atoms with van der Waals surface area (Å²) in [6.07, 6.45) is 4.13. The van der Waals surface area contributed by atoms with Crippen LogP contribution in [0.4, 0.5) is 0 Å². The highest BCUT2D eigenvalue weighted by Crippen LogP contribution is 2.36. The Labute approximate surface area is 205 Å². The van der Waals surface area contributed by atoms with Crippen molar-refractivity contribution in [3.05, 3.63) is 47.2 Å². The first-order valence-electron chi connectivity index (χ1n) is 11.9. The van der Waals surface area contributed by atoms with E-state index in [4.69, 9.17) is 21.1 Å². The van der Waals surface area contributed by atoms with Gasteiger partial charge in [0, 0.05) is 67.9 Å². The van der Waals surface area contributed by atoms with Crippen molar-refractivity contribution in [1.29, 1.82) is 0 Å². The second kappa shape index (κ2) is 11.2. The van der Waals surface area contributed by atoms with Gasteiger partial charge >= 0.3 is 0 Å². The summed E-state index contributed by atoms with van der Waals surface area (Å²) in [5.41, 5.74) is 0.583. The number of ether oxygens (including phenoxy) is 2. The Morgan fingerprint density at radius 2 is 1.97 bits per heavy atom. The van der Waals surface area contributed by atoms with Crippen LogP contribution < -0.4 is 4.74 Å². The number of aryl methyl sites for hydroxylation is 2. The SMILES string of the molecule is Cc1ccnn1CCC(=O)N1CCC[C@@](COc2cccc(Cl)c2)(CC(=O)N2CCOCC2)C1. The van der Waals surface area contributed by atoms with Crippen molar-refractivity contribution in [2.75, 3.05) is 46.0 Å². The van der Waals surface area contributed by atoms with Gasteiger partial charge in [0.25, 0.3) is 0 Å². The fourth-order valence-electron chi connectivity index (χ4n) is 4.77. The number of likely N-dealkylation sites (tertiary alicyclic amines) is 1. The molecule has 0 radical (unpaired) electrons. The molecule has 184 valence electrons. The summed E-state index contributed by atoms with van der Waals surface area (Å²) in [7, 11) is 0. The Hall–Kier alpha value is -2.58. The summed E-state index contributed by atoms with van der Waals surface area (Å²) in [4.78, 5) is 30.1. The lowest BCUT2D eigenvalue weighted by molar-refractivity contribution is -0.144. The molecule has 2 aliphatic rings. The number of hydrogen-bond acceptors (Lipinski definition) is 5. The Bertz CT molecular complexity index is 991. The maximum absolute atomic E-state index is 13.2. The minimum Gasteiger partial charge on any atom is -0.493 e. The van der Waals surface area contributed by atoms with Crippen molar-refractivity contribution < 1.29 is 19.1 Å². The highest BCUT2D eigenvalue weighted by molar-refractivity contribution is 6.30. The number of hydrogen-bond donors (Lipinski definition) is 0. The van der Waals surface area contributed by atoms with E-state index in [2.05, 4.69) is 5.10 Å². The lowest BCUT2D eigenvalue weighted by atomic mass is 9.77. The van der Waals surface area contributed by atoms with Gasteiger partial charge in [-0.3, -0.25) is 14.3 Å². The van der Waals surface area contributed by atoms with Crippen LogP contribution in [0.5, 0.6) is 5.75 Å². The van der Waals surface area contributed by atoms with Crippen LogP contribution in [0.1, 0.15) is 31.4 Å². The molecule has 1 atom stereocenters. The first-order chi connectivity index (χ1) is 16.4. The molecule has 0 spiro atoms. The molecule has 0 unspecified atom stereocenters. The van der Waals surface area contributed by atoms with E-state index in [1.165, 1.54) is 0 Å². The molecular formula is C25H33ClN4O4. The molecule has 0 bridgehead atoms. The van der Waals surface area contributed by atoms with E-state index in [1.807, 2.05) is 39.6 Å². The van der Waals surface area contributed by atoms with Crippen LogP contribution in [0.25, 0.3) is 0 Å². The third-order valence-corrected chi connectivity index (χ3v) is 6.95. The van der Waals surface area contributed by atoms with Crippen LogP contribution in [0.2, 0.25) is 5.02 Å². The number of carbonyl (C=O) groups excluding carboxylic acids is 2. The van der Waals surface area contributed by atoms with Crippen molar-refractivity contribution in [3.63, 3.8) is 0 Å². The van der Waals surface area contributed by atoms with E-state index >= 15 is 0 Å². The zero-order chi connectivity index (χ0) is 24.0. The third-order valence-electron chi connectivity index (χ3n) is 6.71. The van der Waals surface area contributed by atoms with Crippen LogP contribution in [-0.2, 0) is 20.9 Å². The fourth-order valence-corrected chi connectivity index (χ4v) is 4.95. The number of amides is 2. The van der Waals surface area contributed by atoms with E-state index in [-0.39, 0.29) is 11.8 Å². The number of benzene rings is 1. The highest BCUT2D eigenvalue weighted by Gasteiger charge is 2.41. The molecule has 2 aromatic rings. The van der Waals surface area contributed by atoms with E-state index in [0.29, 0.717) is 76.2 Å². The van der Waals surface area contributed by atoms with Gasteiger partial charge in [0.05, 0.1) is 19.8 Å². The third kappa shape index (κ3) is 6.30. The van der Waals surface area contributed by atoms with Crippen LogP contribution in [0.15, 0.2) is 36.5 Å². The molecule has 34 heavy (non-hydrogen) atoms. The topological polar surface area (TPSA) is 76.9 Å². The van der Waals surface area contributed by atoms with Crippen molar-refractivity contribution >= 4 is 23.4 Å². The average molecular weight is 489 g/mol. The minimum absolute atomic E-state index is 0.0838. The zero-order valence-corrected chi connectivity index (χ0v) is 20.5. The normalized spacial score (nSPS) is 20.9. The van der Waals surface area contributed by atoms with Gasteiger partial charge in [-0.15, -0.1) is 0 Å². The van der Waals surface area contributed by atoms with Gasteiger partial charge in [-0.2, -0.15) is 5.10 Å². The molecule has 3 heterocycles. The summed E-state index contributed by atoms with van der Waals surface area (Å²) in [6.45, 7) is 6.42. The lowest BCUT2D eigenvalue weighted by Crippen LogP contribution is -2.52. The molecule has 4 rings (SSSR count). The summed E-state index contributed by atoms with van der Waals surface area (Å²) in [6, 6.07) is 9.21. The largest absolute Gasteiger partial charge is 0.493 e. The van der Waals surface area contributed by atoms with Gasteiger partial charge in [0.15, 0.2) is 0 Å². The van der Waals surface area contributed by atoms with Crippen LogP contribution in [0.3, 0.4) is 0 Å². The summed E-state index contributed by atoms with van der Waals surface area (Å²) >= 11 is 6.13. The Morgan fingerprint density at radius 1 is 1.15 bits per heavy atom. The highest BCUT2D eigenvalue weighted by atomic mass is 35.5. The number of rotatable bonds is 8. The van der Waals surface area contributed by atoms with Crippen molar-refractivity contribution in [2.24, 2.45) is 5.41 Å². The van der Waals surface area contributed by atoms with Crippen LogP contribution >= 0.6 is 11.6 Å². The Balaban J connectivity index is 1.45. The smallest absolute Gasteiger partial charge is 0.224 e. The molecule has 2 aliphatic heterocycles. The minimum atomic E-state index is -0.451. The van der Waals surface area contributed by atoms with E-state index < -0.39 is 5.41 Å². The molecule has 2 fully saturated rings. The first-order valence-corrected chi connectivity index (χ1v) is 12.3. The molecule has 0 N–H and O–H groups in total. The number of aromatic nitrogens is 2. The fraction of sp³-hybridized carbons (Fsp3) is 0.560. The first kappa shape index (κ1) is 24.5. The Morgan fingerprint density at radius 3 is 2.71 bits per heavy atom. The number of carbonyl (C=O) groups is 2. The van der Waals surface area contributed by atoms with Crippen LogP contribution in [0, 0.1) is 12.3 Å². The zero-order valence-electron chi connectivity index (χ0n) is 19.7. The van der Waals surface area contributed by atoms with E-state index in [0.717, 1.165) is 18.5 Å². The van der Waals surface area contributed by atoms with Gasteiger partial charge < -0.3 is 19.3 Å². The standard InChI is InChI=1S/C25H33ClN4O4/c1-20-6-9-27-30(20)11-7-23(31)29-10-3-8-25(18-29,17-24(32)28-12-14-33-15-13-28)19-34-22-5-2-4-21(26)16-22/h2,4-6,9,16H,3,7-8,10-15,17-19H2,1H3/t25-/m1/s1. The van der Waals surface area contributed by atoms with E-state index in [1.54, 1.807) is 18.3 Å². The summed E-state index contributed by atoms with van der Waals surface area (Å²) in [5.74, 6) is 0.850. The van der Waals surface area contributed by atoms with Gasteiger partial charge in [0.1, 0.15) is 5.75 Å². The predicted molar refractivity (Wildman–Crippen MR) is 129 cm³/mol. The molecule has 9 heteroatoms. The molecule has 1 aromatic carbocycles. The molecule has 1 aromatic heterocycles. The molecule has 2 saturated heterocycles. The number of nitrogens with zero attached hydrogens (tertiary/aromatic N) is 4. The summed E-state index contributed by atoms with van der Waals surface area (Å²) in [5, 5.41) is 4.88. The van der Waals surface area contributed by atoms with Gasteiger partial charge in [-0.25, -0.2) is 0 Å². The lowest BCUT2D eigenvalue weighted by Gasteiger charge is -2.43. The molecule has 0 aliphatic carbocycles. The second-order valence-corrected chi connectivity index (χ2v) is 9.72. The van der Waals surface area contributed by atoms with Crippen molar-refractivity contribution in [3.8, 4) is 5.75 Å². The van der Waals surface area contributed by atoms with Crippen molar-refractivity contribution in [2.45, 2.75) is 39.2 Å². The van der Waals surface area contributed by atoms with E-state index in [9.17, 15) is 9.59 Å². The number of piperidine rings is 1. The predicted octanol–water partition coefficient (Wildman–Crippen LogP) is 3.17. The molecular weight excluding hydrogens is 456 g/mol. The monoisotopic (exact) mass is 488 g/mol. The maximum atomic E-state index is 13.2. The van der Waals surface area contributed by atoms with Gasteiger partial charge in [-0.05, 0) is 44.0 Å². The quantitative estimate of drug-likeness (QED) is 0.570. The Kier molecular flexibility index (Phi) is 8.11. The second-order valence-electron chi connectivity index (χ2n) is 9.28. The molecule has 2 amide bonds.